The molecule has 1 fully saturated rings. The van der Waals surface area contributed by atoms with E-state index in [0.717, 1.165) is 18.2 Å². The summed E-state index contributed by atoms with van der Waals surface area (Å²) < 4.78 is 2.12. The fraction of sp³-hybridized carbons (Fsp3) is 0.235. The van der Waals surface area contributed by atoms with Crippen molar-refractivity contribution in [3.05, 3.63) is 60.4 Å². The van der Waals surface area contributed by atoms with Crippen molar-refractivity contribution in [1.29, 1.82) is 0 Å². The molecule has 0 atom stereocenters. The summed E-state index contributed by atoms with van der Waals surface area (Å²) in [6.45, 7) is 0.972. The highest BCUT2D eigenvalue weighted by atomic mass is 15.0. The van der Waals surface area contributed by atoms with Gasteiger partial charge in [0.2, 0.25) is 0 Å². The molecule has 0 amide bonds. The molecule has 1 aromatic carbocycles. The Labute approximate surface area is 118 Å². The van der Waals surface area contributed by atoms with Gasteiger partial charge in [-0.1, -0.05) is 30.3 Å². The molecule has 20 heavy (non-hydrogen) atoms. The van der Waals surface area contributed by atoms with Gasteiger partial charge in [0.15, 0.2) is 0 Å². The Balaban J connectivity index is 1.62. The van der Waals surface area contributed by atoms with Crippen LogP contribution in [-0.2, 0) is 6.54 Å². The molecule has 1 aliphatic carbocycles. The van der Waals surface area contributed by atoms with Crippen molar-refractivity contribution in [2.24, 2.45) is 0 Å². The zero-order valence-electron chi connectivity index (χ0n) is 11.3. The maximum absolute atomic E-state index is 4.33. The van der Waals surface area contributed by atoms with E-state index in [1.165, 1.54) is 29.7 Å². The van der Waals surface area contributed by atoms with Gasteiger partial charge in [-0.25, -0.2) is 4.98 Å². The number of aromatic nitrogens is 2. The summed E-state index contributed by atoms with van der Waals surface area (Å²) in [6.07, 6.45) is 6.52. The summed E-state index contributed by atoms with van der Waals surface area (Å²) >= 11 is 0. The van der Waals surface area contributed by atoms with E-state index >= 15 is 0 Å². The van der Waals surface area contributed by atoms with E-state index in [4.69, 9.17) is 0 Å². The van der Waals surface area contributed by atoms with Gasteiger partial charge >= 0.3 is 0 Å². The number of nitrogens with zero attached hydrogens (tertiary/aromatic N) is 2. The third-order valence-electron chi connectivity index (χ3n) is 3.85. The van der Waals surface area contributed by atoms with Gasteiger partial charge in [0.05, 0.1) is 5.69 Å². The van der Waals surface area contributed by atoms with Crippen molar-refractivity contribution in [1.82, 2.24) is 14.7 Å². The van der Waals surface area contributed by atoms with Crippen LogP contribution in [0.25, 0.3) is 16.9 Å². The number of nitrogens with one attached hydrogen (secondary N) is 1. The zero-order chi connectivity index (χ0) is 13.4. The van der Waals surface area contributed by atoms with Gasteiger partial charge in [0, 0.05) is 25.0 Å². The van der Waals surface area contributed by atoms with Crippen LogP contribution < -0.4 is 5.32 Å². The van der Waals surface area contributed by atoms with Crippen molar-refractivity contribution in [2.75, 3.05) is 0 Å². The molecule has 0 saturated heterocycles. The molecule has 3 heteroatoms. The first-order valence-corrected chi connectivity index (χ1v) is 7.15. The molecule has 2 aromatic heterocycles. The average molecular weight is 263 g/mol. The van der Waals surface area contributed by atoms with Gasteiger partial charge in [0.1, 0.15) is 5.65 Å². The Bertz CT molecular complexity index is 723. The summed E-state index contributed by atoms with van der Waals surface area (Å²) in [4.78, 5) is 4.33. The normalized spacial score (nSPS) is 14.8. The number of pyridine rings is 1. The third kappa shape index (κ3) is 2.21. The molecular weight excluding hydrogens is 246 g/mol. The SMILES string of the molecule is c1cc(-c2ccc(CNC3CC3)cc2)n2ccnc2c1. The second kappa shape index (κ2) is 4.76. The maximum atomic E-state index is 4.33. The summed E-state index contributed by atoms with van der Waals surface area (Å²) in [6, 6.07) is 15.8. The van der Waals surface area contributed by atoms with E-state index in [9.17, 15) is 0 Å². The first-order chi connectivity index (χ1) is 9.90. The predicted octanol–water partition coefficient (Wildman–Crippen LogP) is 3.25. The van der Waals surface area contributed by atoms with E-state index in [0.29, 0.717) is 0 Å². The molecule has 1 saturated carbocycles. The van der Waals surface area contributed by atoms with Crippen LogP contribution in [-0.4, -0.2) is 15.4 Å². The molecular formula is C17H17N3. The fourth-order valence-electron chi connectivity index (χ4n) is 2.53. The highest BCUT2D eigenvalue weighted by Crippen LogP contribution is 2.22. The molecule has 1 aliphatic rings. The van der Waals surface area contributed by atoms with Crippen LogP contribution in [0, 0.1) is 0 Å². The van der Waals surface area contributed by atoms with E-state index < -0.39 is 0 Å². The highest BCUT2D eigenvalue weighted by Gasteiger charge is 2.19. The largest absolute Gasteiger partial charge is 0.310 e. The smallest absolute Gasteiger partial charge is 0.137 e. The summed E-state index contributed by atoms with van der Waals surface area (Å²) in [5.41, 5.74) is 4.74. The van der Waals surface area contributed by atoms with E-state index in [2.05, 4.69) is 51.1 Å². The fourth-order valence-corrected chi connectivity index (χ4v) is 2.53. The molecule has 0 unspecified atom stereocenters. The van der Waals surface area contributed by atoms with Crippen LogP contribution in [0.2, 0.25) is 0 Å². The standard InChI is InChI=1S/C17H17N3/c1-2-16(20-11-10-18-17(20)3-1)14-6-4-13(5-7-14)12-19-15-8-9-15/h1-7,10-11,15,19H,8-9,12H2. The number of rotatable bonds is 4. The van der Waals surface area contributed by atoms with Crippen LogP contribution in [0.15, 0.2) is 54.9 Å². The summed E-state index contributed by atoms with van der Waals surface area (Å²) in [7, 11) is 0. The molecule has 4 rings (SSSR count). The number of fused-ring (bicyclic) bond motifs is 1. The van der Waals surface area contributed by atoms with Gasteiger partial charge in [-0.15, -0.1) is 0 Å². The van der Waals surface area contributed by atoms with E-state index in [-0.39, 0.29) is 0 Å². The minimum absolute atomic E-state index is 0.759. The topological polar surface area (TPSA) is 29.3 Å². The Morgan fingerprint density at radius 2 is 1.95 bits per heavy atom. The lowest BCUT2D eigenvalue weighted by Crippen LogP contribution is -2.15. The van der Waals surface area contributed by atoms with E-state index in [1.54, 1.807) is 0 Å². The Kier molecular flexibility index (Phi) is 2.78. The van der Waals surface area contributed by atoms with Crippen molar-refractivity contribution < 1.29 is 0 Å². The Morgan fingerprint density at radius 3 is 2.75 bits per heavy atom. The van der Waals surface area contributed by atoms with Crippen molar-refractivity contribution in [2.45, 2.75) is 25.4 Å². The Morgan fingerprint density at radius 1 is 1.10 bits per heavy atom. The number of hydrogen-bond donors (Lipinski definition) is 1. The Hall–Kier alpha value is -2.13. The second-order valence-electron chi connectivity index (χ2n) is 5.42. The molecule has 0 radical (unpaired) electrons. The van der Waals surface area contributed by atoms with Crippen molar-refractivity contribution in [3.8, 4) is 11.3 Å². The number of hydrogen-bond acceptors (Lipinski definition) is 2. The third-order valence-corrected chi connectivity index (χ3v) is 3.85. The molecule has 0 aliphatic heterocycles. The van der Waals surface area contributed by atoms with Crippen LogP contribution in [0.1, 0.15) is 18.4 Å². The number of imidazole rings is 1. The van der Waals surface area contributed by atoms with Crippen LogP contribution in [0.4, 0.5) is 0 Å². The summed E-state index contributed by atoms with van der Waals surface area (Å²) in [5, 5.41) is 3.54. The van der Waals surface area contributed by atoms with Crippen molar-refractivity contribution in [3.63, 3.8) is 0 Å². The number of benzene rings is 1. The van der Waals surface area contributed by atoms with Crippen LogP contribution in [0.5, 0.6) is 0 Å². The molecule has 1 N–H and O–H groups in total. The quantitative estimate of drug-likeness (QED) is 0.783. The minimum Gasteiger partial charge on any atom is -0.310 e. The first kappa shape index (κ1) is 11.7. The lowest BCUT2D eigenvalue weighted by Gasteiger charge is -2.07. The molecule has 100 valence electrons. The molecule has 3 aromatic rings. The zero-order valence-corrected chi connectivity index (χ0v) is 11.3. The molecule has 2 heterocycles. The van der Waals surface area contributed by atoms with Gasteiger partial charge in [-0.05, 0) is 36.1 Å². The molecule has 0 bridgehead atoms. The highest BCUT2D eigenvalue weighted by molar-refractivity contribution is 5.63. The van der Waals surface area contributed by atoms with Gasteiger partial charge < -0.3 is 5.32 Å². The van der Waals surface area contributed by atoms with Gasteiger partial charge in [-0.3, -0.25) is 4.40 Å². The monoisotopic (exact) mass is 263 g/mol. The maximum Gasteiger partial charge on any atom is 0.137 e. The average Bonchev–Trinajstić information content (AvgIpc) is 3.20. The lowest BCUT2D eigenvalue weighted by atomic mass is 10.1. The first-order valence-electron chi connectivity index (χ1n) is 7.15. The van der Waals surface area contributed by atoms with E-state index in [1.807, 2.05) is 18.5 Å². The lowest BCUT2D eigenvalue weighted by molar-refractivity contribution is 0.688. The molecule has 3 nitrogen and oxygen atoms in total. The minimum atomic E-state index is 0.759. The van der Waals surface area contributed by atoms with Gasteiger partial charge in [-0.2, -0.15) is 0 Å². The van der Waals surface area contributed by atoms with Crippen LogP contribution >= 0.6 is 0 Å². The van der Waals surface area contributed by atoms with Crippen LogP contribution in [0.3, 0.4) is 0 Å². The molecule has 0 spiro atoms. The summed E-state index contributed by atoms with van der Waals surface area (Å²) in [5.74, 6) is 0. The van der Waals surface area contributed by atoms with Crippen molar-refractivity contribution >= 4 is 5.65 Å². The van der Waals surface area contributed by atoms with Gasteiger partial charge in [0.25, 0.3) is 0 Å². The predicted molar refractivity (Wildman–Crippen MR) is 80.5 cm³/mol. The second-order valence-corrected chi connectivity index (χ2v) is 5.42.